The average molecular weight is 286 g/mol. The molecule has 106 valence electrons. The third-order valence-corrected chi connectivity index (χ3v) is 5.01. The summed E-state index contributed by atoms with van der Waals surface area (Å²) >= 11 is 1.83. The molecule has 20 heavy (non-hydrogen) atoms. The van der Waals surface area contributed by atoms with Crippen molar-refractivity contribution in [3.8, 4) is 11.3 Å². The van der Waals surface area contributed by atoms with Crippen molar-refractivity contribution in [1.82, 2.24) is 10.3 Å². The van der Waals surface area contributed by atoms with Gasteiger partial charge < -0.3 is 5.32 Å². The van der Waals surface area contributed by atoms with Gasteiger partial charge in [-0.3, -0.25) is 0 Å². The van der Waals surface area contributed by atoms with Crippen molar-refractivity contribution in [3.05, 3.63) is 40.2 Å². The van der Waals surface area contributed by atoms with E-state index in [0.717, 1.165) is 25.2 Å². The van der Waals surface area contributed by atoms with Gasteiger partial charge in [0.25, 0.3) is 0 Å². The van der Waals surface area contributed by atoms with Crippen molar-refractivity contribution in [3.63, 3.8) is 0 Å². The number of piperidine rings is 1. The van der Waals surface area contributed by atoms with E-state index in [0.29, 0.717) is 5.92 Å². The van der Waals surface area contributed by atoms with Gasteiger partial charge in [-0.1, -0.05) is 37.6 Å². The van der Waals surface area contributed by atoms with Gasteiger partial charge in [-0.05, 0) is 37.9 Å². The Morgan fingerprint density at radius 3 is 2.65 bits per heavy atom. The van der Waals surface area contributed by atoms with E-state index in [-0.39, 0.29) is 0 Å². The average Bonchev–Trinajstić information content (AvgIpc) is 2.99. The van der Waals surface area contributed by atoms with Crippen molar-refractivity contribution >= 4 is 11.3 Å². The molecule has 0 unspecified atom stereocenters. The fourth-order valence-electron chi connectivity index (χ4n) is 2.81. The highest BCUT2D eigenvalue weighted by Gasteiger charge is 2.18. The summed E-state index contributed by atoms with van der Waals surface area (Å²) in [4.78, 5) is 4.87. The van der Waals surface area contributed by atoms with E-state index in [1.165, 1.54) is 35.4 Å². The van der Waals surface area contributed by atoms with Crippen molar-refractivity contribution in [1.29, 1.82) is 0 Å². The Labute approximate surface area is 125 Å². The van der Waals surface area contributed by atoms with Gasteiger partial charge in [0, 0.05) is 16.9 Å². The zero-order valence-corrected chi connectivity index (χ0v) is 12.9. The summed E-state index contributed by atoms with van der Waals surface area (Å²) in [5.41, 5.74) is 3.82. The highest BCUT2D eigenvalue weighted by molar-refractivity contribution is 7.10. The molecule has 0 aliphatic carbocycles. The molecule has 0 amide bonds. The zero-order chi connectivity index (χ0) is 13.8. The first-order valence-corrected chi connectivity index (χ1v) is 8.50. The van der Waals surface area contributed by atoms with Crippen LogP contribution in [0, 0.1) is 0 Å². The third kappa shape index (κ3) is 3.10. The summed E-state index contributed by atoms with van der Waals surface area (Å²) in [6, 6.07) is 8.91. The molecule has 1 aliphatic rings. The first kappa shape index (κ1) is 13.8. The lowest BCUT2D eigenvalue weighted by molar-refractivity contribution is 0.459. The minimum atomic E-state index is 0.661. The standard InChI is InChI=1S/C17H22N2S/c1-2-3-13-4-6-14(7-5-13)16-12-20-17(19-16)15-8-10-18-11-9-15/h4-7,12,15,18H,2-3,8-11H2,1H3. The molecule has 3 rings (SSSR count). The van der Waals surface area contributed by atoms with E-state index < -0.39 is 0 Å². The van der Waals surface area contributed by atoms with Gasteiger partial charge in [-0.15, -0.1) is 11.3 Å². The minimum absolute atomic E-state index is 0.661. The molecule has 0 radical (unpaired) electrons. The summed E-state index contributed by atoms with van der Waals surface area (Å²) in [6.07, 6.45) is 4.82. The van der Waals surface area contributed by atoms with Crippen LogP contribution in [0.4, 0.5) is 0 Å². The normalized spacial score (nSPS) is 16.4. The maximum Gasteiger partial charge on any atom is 0.0964 e. The van der Waals surface area contributed by atoms with Crippen molar-refractivity contribution < 1.29 is 0 Å². The number of rotatable bonds is 4. The van der Waals surface area contributed by atoms with Crippen LogP contribution in [-0.2, 0) is 6.42 Å². The van der Waals surface area contributed by atoms with Crippen molar-refractivity contribution in [2.24, 2.45) is 0 Å². The van der Waals surface area contributed by atoms with Crippen LogP contribution >= 0.6 is 11.3 Å². The Bertz CT molecular complexity index is 538. The first-order chi connectivity index (χ1) is 9.86. The van der Waals surface area contributed by atoms with Crippen LogP contribution < -0.4 is 5.32 Å². The minimum Gasteiger partial charge on any atom is -0.317 e. The summed E-state index contributed by atoms with van der Waals surface area (Å²) in [7, 11) is 0. The molecule has 1 aromatic carbocycles. The number of nitrogens with one attached hydrogen (secondary N) is 1. The fourth-order valence-corrected chi connectivity index (χ4v) is 3.81. The highest BCUT2D eigenvalue weighted by Crippen LogP contribution is 2.31. The summed E-state index contributed by atoms with van der Waals surface area (Å²) in [5.74, 6) is 0.661. The number of hydrogen-bond donors (Lipinski definition) is 1. The van der Waals surface area contributed by atoms with Crippen LogP contribution in [-0.4, -0.2) is 18.1 Å². The molecular weight excluding hydrogens is 264 g/mol. The molecule has 1 fully saturated rings. The van der Waals surface area contributed by atoms with Gasteiger partial charge in [0.2, 0.25) is 0 Å². The molecule has 1 N–H and O–H groups in total. The van der Waals surface area contributed by atoms with Gasteiger partial charge in [0.05, 0.1) is 10.7 Å². The lowest BCUT2D eigenvalue weighted by Crippen LogP contribution is -2.26. The molecule has 1 aliphatic heterocycles. The topological polar surface area (TPSA) is 24.9 Å². The maximum atomic E-state index is 4.87. The van der Waals surface area contributed by atoms with Crippen LogP contribution in [0.3, 0.4) is 0 Å². The monoisotopic (exact) mass is 286 g/mol. The van der Waals surface area contributed by atoms with Gasteiger partial charge >= 0.3 is 0 Å². The highest BCUT2D eigenvalue weighted by atomic mass is 32.1. The summed E-state index contributed by atoms with van der Waals surface area (Å²) in [6.45, 7) is 4.48. The molecule has 0 bridgehead atoms. The van der Waals surface area contributed by atoms with E-state index in [1.54, 1.807) is 0 Å². The predicted octanol–water partition coefficient (Wildman–Crippen LogP) is 4.23. The SMILES string of the molecule is CCCc1ccc(-c2csc(C3CCNCC3)n2)cc1. The molecule has 1 saturated heterocycles. The van der Waals surface area contributed by atoms with Gasteiger partial charge in [-0.2, -0.15) is 0 Å². The Kier molecular flexibility index (Phi) is 4.48. The summed E-state index contributed by atoms with van der Waals surface area (Å²) in [5, 5.41) is 6.95. The van der Waals surface area contributed by atoms with Gasteiger partial charge in [-0.25, -0.2) is 4.98 Å². The molecular formula is C17H22N2S. The number of aryl methyl sites for hydroxylation is 1. The second-order valence-electron chi connectivity index (χ2n) is 5.54. The molecule has 2 nitrogen and oxygen atoms in total. The van der Waals surface area contributed by atoms with E-state index in [9.17, 15) is 0 Å². The second kappa shape index (κ2) is 6.51. The van der Waals surface area contributed by atoms with E-state index >= 15 is 0 Å². The smallest absolute Gasteiger partial charge is 0.0964 e. The number of hydrogen-bond acceptors (Lipinski definition) is 3. The molecule has 0 saturated carbocycles. The number of aromatic nitrogens is 1. The van der Waals surface area contributed by atoms with E-state index in [2.05, 4.69) is 41.9 Å². The fraction of sp³-hybridized carbons (Fsp3) is 0.471. The Morgan fingerprint density at radius 2 is 1.95 bits per heavy atom. The Morgan fingerprint density at radius 1 is 1.20 bits per heavy atom. The van der Waals surface area contributed by atoms with Gasteiger partial charge in [0.1, 0.15) is 0 Å². The first-order valence-electron chi connectivity index (χ1n) is 7.62. The molecule has 3 heteroatoms. The van der Waals surface area contributed by atoms with Crippen LogP contribution in [0.5, 0.6) is 0 Å². The Balaban J connectivity index is 1.75. The van der Waals surface area contributed by atoms with Crippen molar-refractivity contribution in [2.75, 3.05) is 13.1 Å². The van der Waals surface area contributed by atoms with Gasteiger partial charge in [0.15, 0.2) is 0 Å². The Hall–Kier alpha value is -1.19. The molecule has 2 heterocycles. The van der Waals surface area contributed by atoms with E-state index in [1.807, 2.05) is 11.3 Å². The quantitative estimate of drug-likeness (QED) is 0.910. The molecule has 0 spiro atoms. The summed E-state index contributed by atoms with van der Waals surface area (Å²) < 4.78 is 0. The molecule has 2 aromatic rings. The van der Waals surface area contributed by atoms with Crippen LogP contribution in [0.25, 0.3) is 11.3 Å². The lowest BCUT2D eigenvalue weighted by Gasteiger charge is -2.20. The predicted molar refractivity (Wildman–Crippen MR) is 86.4 cm³/mol. The molecule has 1 aromatic heterocycles. The van der Waals surface area contributed by atoms with Crippen LogP contribution in [0.1, 0.15) is 42.7 Å². The van der Waals surface area contributed by atoms with Crippen molar-refractivity contribution in [2.45, 2.75) is 38.5 Å². The van der Waals surface area contributed by atoms with Crippen LogP contribution in [0.2, 0.25) is 0 Å². The third-order valence-electron chi connectivity index (χ3n) is 4.00. The lowest BCUT2D eigenvalue weighted by atomic mass is 9.99. The number of benzene rings is 1. The molecule has 0 atom stereocenters. The zero-order valence-electron chi connectivity index (χ0n) is 12.1. The van der Waals surface area contributed by atoms with Crippen LogP contribution in [0.15, 0.2) is 29.6 Å². The number of nitrogens with zero attached hydrogens (tertiary/aromatic N) is 1. The van der Waals surface area contributed by atoms with E-state index in [4.69, 9.17) is 4.98 Å². The maximum absolute atomic E-state index is 4.87. The second-order valence-corrected chi connectivity index (χ2v) is 6.43. The largest absolute Gasteiger partial charge is 0.317 e. The number of thiazole rings is 1.